The fraction of sp³-hybridized carbons (Fsp3) is 0.224. The number of allylic oxidation sites excluding steroid dienone is 6. The van der Waals surface area contributed by atoms with Crippen molar-refractivity contribution < 1.29 is 84.0 Å². The van der Waals surface area contributed by atoms with Gasteiger partial charge in [-0.1, -0.05) is 83.9 Å². The first-order chi connectivity index (χ1) is 37.7. The van der Waals surface area contributed by atoms with Gasteiger partial charge in [0.1, 0.15) is 0 Å². The van der Waals surface area contributed by atoms with E-state index in [0.29, 0.717) is 38.5 Å². The topological polar surface area (TPSA) is 107 Å². The summed E-state index contributed by atoms with van der Waals surface area (Å²) in [7, 11) is 0. The maximum Gasteiger partial charge on any atom is 3.00 e. The summed E-state index contributed by atoms with van der Waals surface area (Å²) in [6.45, 7) is 5.40. The zero-order chi connectivity index (χ0) is 56.0. The third kappa shape index (κ3) is 13.5. The van der Waals surface area contributed by atoms with Crippen LogP contribution in [0.5, 0.6) is 17.2 Å². The van der Waals surface area contributed by atoms with Crippen LogP contribution in [0.2, 0.25) is 0 Å². The third-order valence-electron chi connectivity index (χ3n) is 11.5. The van der Waals surface area contributed by atoms with Gasteiger partial charge in [0.05, 0.1) is 53.6 Å². The minimum absolute atomic E-state index is 0. The quantitative estimate of drug-likeness (QED) is 0.0367. The van der Waals surface area contributed by atoms with Gasteiger partial charge in [0.25, 0.3) is 0 Å². The van der Waals surface area contributed by atoms with E-state index in [1.165, 1.54) is 73.7 Å². The van der Waals surface area contributed by atoms with E-state index in [0.717, 1.165) is 0 Å². The molecule has 1 radical (unpaired) electrons. The average molecular weight is 1160 g/mol. The molecule has 6 aromatic rings. The number of benzene rings is 3. The van der Waals surface area contributed by atoms with Crippen molar-refractivity contribution in [3.05, 3.63) is 212 Å². The second-order valence-electron chi connectivity index (χ2n) is 16.7. The maximum atomic E-state index is 14.7. The number of hydrogen-bond acceptors (Lipinski definition) is 6. The molecule has 0 atom stereocenters. The number of ether oxygens (including phenoxy) is 3. The Bertz CT molecular complexity index is 2930. The largest absolute Gasteiger partial charge is 3.00 e. The van der Waals surface area contributed by atoms with E-state index >= 15 is 0 Å². The van der Waals surface area contributed by atoms with Crippen molar-refractivity contribution in [3.63, 3.8) is 0 Å². The fourth-order valence-electron chi connectivity index (χ4n) is 7.68. The molecule has 0 aliphatic carbocycles. The zero-order valence-electron chi connectivity index (χ0n) is 42.1. The van der Waals surface area contributed by atoms with Gasteiger partial charge < -0.3 is 29.2 Å². The number of unbranched alkanes of at least 4 members (excludes halogenated alkanes) is 3. The van der Waals surface area contributed by atoms with E-state index < -0.39 is 104 Å². The van der Waals surface area contributed by atoms with Gasteiger partial charge in [-0.2, -0.15) is 44.9 Å². The van der Waals surface area contributed by atoms with Gasteiger partial charge in [0.15, 0.2) is 52.2 Å². The van der Waals surface area contributed by atoms with Gasteiger partial charge in [0, 0.05) is 18.6 Å². The standard InChI is InChI=1S/3C19H15F4N2O.CH4.Fe/c3*1-2-3-10-26-19-17(22)15(20)14(16(21)18(19)23)13(11-6-4-8-24-11)12-7-5-9-25-12;;/h3*4-9H,2-3,10H2,1H3;1H4;/q3*-1;;+3. The van der Waals surface area contributed by atoms with Gasteiger partial charge >= 0.3 is 17.1 Å². The van der Waals surface area contributed by atoms with Crippen molar-refractivity contribution in [2.75, 3.05) is 19.8 Å². The van der Waals surface area contributed by atoms with E-state index in [4.69, 9.17) is 14.2 Å². The van der Waals surface area contributed by atoms with Gasteiger partial charge in [-0.15, -0.1) is 17.1 Å². The van der Waals surface area contributed by atoms with Crippen LogP contribution < -0.4 is 29.2 Å². The number of nitrogens with zero attached hydrogens (tertiary/aromatic N) is 6. The Labute approximate surface area is 463 Å². The predicted molar refractivity (Wildman–Crippen MR) is 277 cm³/mol. The van der Waals surface area contributed by atoms with Gasteiger partial charge in [-0.05, 0) is 72.4 Å². The van der Waals surface area contributed by atoms with Crippen LogP contribution in [0.15, 0.2) is 124 Å². The van der Waals surface area contributed by atoms with Crippen LogP contribution in [0.3, 0.4) is 0 Å². The maximum absolute atomic E-state index is 14.7. The molecule has 3 aromatic heterocycles. The minimum Gasteiger partial charge on any atom is -0.664 e. The Morgan fingerprint density at radius 2 is 0.625 bits per heavy atom. The third-order valence-corrected chi connectivity index (χ3v) is 11.5. The van der Waals surface area contributed by atoms with Crippen LogP contribution in [0.4, 0.5) is 52.7 Å². The van der Waals surface area contributed by atoms with E-state index in [2.05, 4.69) is 29.9 Å². The van der Waals surface area contributed by atoms with Crippen molar-refractivity contribution >= 4 is 35.4 Å². The molecule has 0 fully saturated rings. The molecule has 0 saturated heterocycles. The van der Waals surface area contributed by atoms with E-state index in [9.17, 15) is 52.7 Å². The number of rotatable bonds is 18. The molecule has 3 aromatic carbocycles. The summed E-state index contributed by atoms with van der Waals surface area (Å²) < 4.78 is 189. The molecule has 9 rings (SSSR count). The summed E-state index contributed by atoms with van der Waals surface area (Å²) in [6, 6.07) is 9.06. The molecule has 0 bridgehead atoms. The normalized spacial score (nSPS) is 14.6. The molecule has 0 N–H and O–H groups in total. The number of hydrogen-bond donors (Lipinski definition) is 0. The number of aliphatic imine (C=N–C) groups is 3. The van der Waals surface area contributed by atoms with Crippen molar-refractivity contribution in [2.24, 2.45) is 15.0 Å². The monoisotopic (exact) mass is 1160 g/mol. The van der Waals surface area contributed by atoms with E-state index in [1.54, 1.807) is 36.4 Å². The molecule has 421 valence electrons. The van der Waals surface area contributed by atoms with Crippen LogP contribution in [0.25, 0.3) is 16.7 Å². The van der Waals surface area contributed by atoms with Crippen molar-refractivity contribution in [3.8, 4) is 17.2 Å². The van der Waals surface area contributed by atoms with Crippen molar-refractivity contribution in [1.82, 2.24) is 15.0 Å². The Morgan fingerprint density at radius 3 is 0.800 bits per heavy atom. The second kappa shape index (κ2) is 29.3. The molecular formula is C58H49F12FeN6O3. The average Bonchev–Trinajstić information content (AvgIpc) is 4.33. The smallest absolute Gasteiger partial charge is 0.664 e. The molecule has 0 saturated carbocycles. The van der Waals surface area contributed by atoms with E-state index in [1.807, 2.05) is 20.8 Å². The zero-order valence-corrected chi connectivity index (χ0v) is 43.2. The summed E-state index contributed by atoms with van der Waals surface area (Å²) in [4.78, 5) is 23.9. The summed E-state index contributed by atoms with van der Waals surface area (Å²) >= 11 is 0. The van der Waals surface area contributed by atoms with Gasteiger partial charge in [-0.3, -0.25) is 15.0 Å². The Balaban J connectivity index is 0.000000218. The first-order valence-corrected chi connectivity index (χ1v) is 24.2. The molecule has 80 heavy (non-hydrogen) atoms. The van der Waals surface area contributed by atoms with Crippen molar-refractivity contribution in [2.45, 2.75) is 66.7 Å². The van der Waals surface area contributed by atoms with E-state index in [-0.39, 0.29) is 95.2 Å². The Morgan fingerprint density at radius 1 is 0.388 bits per heavy atom. The molecule has 0 amide bonds. The Hall–Kier alpha value is -7.97. The molecule has 9 nitrogen and oxygen atoms in total. The molecular weight excluding hydrogens is 1110 g/mol. The Kier molecular flexibility index (Phi) is 23.0. The summed E-state index contributed by atoms with van der Waals surface area (Å²) in [6.07, 6.45) is 21.1. The minimum atomic E-state index is -1.58. The summed E-state index contributed by atoms with van der Waals surface area (Å²) in [5.41, 5.74) is -2.06. The number of aromatic nitrogens is 3. The van der Waals surface area contributed by atoms with Crippen LogP contribution in [0.1, 0.15) is 100 Å². The second-order valence-corrected chi connectivity index (χ2v) is 16.7. The van der Waals surface area contributed by atoms with Crippen molar-refractivity contribution in [1.29, 1.82) is 0 Å². The molecule has 6 heterocycles. The van der Waals surface area contributed by atoms with Crippen LogP contribution >= 0.6 is 0 Å². The van der Waals surface area contributed by atoms with Crippen LogP contribution in [-0.2, 0) is 17.1 Å². The first-order valence-electron chi connectivity index (χ1n) is 24.2. The molecule has 22 heteroatoms. The SMILES string of the molecule is C.CCCCOc1c(F)c(F)c(C(=C2C=CC=N2)c2ccc[n-]2)c(F)c1F.CCCCOc1c(F)c(F)c(C(=C2C=CC=N2)c2ccc[n-]2)c(F)c1F.CCCCOc1c(F)c(F)c(C(=C2C=CC=N2)c2ccc[n-]2)c(F)c1F.[Fe+3]. The molecule has 0 spiro atoms. The van der Waals surface area contributed by atoms with Gasteiger partial charge in [0.2, 0.25) is 34.9 Å². The first kappa shape index (κ1) is 62.9. The van der Waals surface area contributed by atoms with Gasteiger partial charge in [-0.25, -0.2) is 26.3 Å². The number of halogens is 12. The molecule has 0 unspecified atom stereocenters. The van der Waals surface area contributed by atoms with Crippen LogP contribution in [-0.4, -0.2) is 38.5 Å². The molecule has 3 aliphatic heterocycles. The fourth-order valence-corrected chi connectivity index (χ4v) is 7.68. The predicted octanol–water partition coefficient (Wildman–Crippen LogP) is 15.0. The molecule has 3 aliphatic rings. The summed E-state index contributed by atoms with van der Waals surface area (Å²) in [5.74, 6) is -21.9. The summed E-state index contributed by atoms with van der Waals surface area (Å²) in [5, 5.41) is 0. The van der Waals surface area contributed by atoms with Crippen LogP contribution in [0, 0.1) is 69.8 Å².